The fraction of sp³-hybridized carbons (Fsp3) is 0.481. The van der Waals surface area contributed by atoms with Crippen LogP contribution in [0, 0.1) is 0 Å². The van der Waals surface area contributed by atoms with Gasteiger partial charge in [0.1, 0.15) is 17.2 Å². The third kappa shape index (κ3) is 4.78. The lowest BCUT2D eigenvalue weighted by Crippen LogP contribution is -2.48. The number of para-hydroxylation sites is 1. The summed E-state index contributed by atoms with van der Waals surface area (Å²) < 4.78 is 28.3. The average Bonchev–Trinajstić information content (AvgIpc) is 3.57. The van der Waals surface area contributed by atoms with E-state index in [9.17, 15) is 4.79 Å². The molecule has 0 bridgehead atoms. The Balaban J connectivity index is 1.40. The summed E-state index contributed by atoms with van der Waals surface area (Å²) in [6.07, 6.45) is 2.06. The smallest absolute Gasteiger partial charge is 0.257 e. The van der Waals surface area contributed by atoms with Crippen molar-refractivity contribution in [3.63, 3.8) is 0 Å². The molecule has 9 heteroatoms. The standard InChI is InChI=1S/C27H33N3O6/c1-32-19-8-9-20(25(16-19)34-3)22-17-23(21-6-4-5-7-24(21)33-2)30(28-22)26(31)18-29-12-10-27(11-13-29)35-14-15-36-27/h4-9,16,23H,10-15,17-18H2,1-3H3. The number of amides is 1. The van der Waals surface area contributed by atoms with E-state index in [1.165, 1.54) is 0 Å². The maximum atomic E-state index is 13.7. The molecule has 3 heterocycles. The van der Waals surface area contributed by atoms with Crippen molar-refractivity contribution in [2.24, 2.45) is 5.10 Å². The Morgan fingerprint density at radius 2 is 1.72 bits per heavy atom. The number of hydrogen-bond donors (Lipinski definition) is 0. The SMILES string of the molecule is COc1ccc(C2=NN(C(=O)CN3CCC4(CC3)OCCO4)C(c3ccccc3OC)C2)c(OC)c1. The van der Waals surface area contributed by atoms with Crippen LogP contribution < -0.4 is 14.2 Å². The number of methoxy groups -OCH3 is 3. The minimum Gasteiger partial charge on any atom is -0.497 e. The predicted molar refractivity (Wildman–Crippen MR) is 134 cm³/mol. The minimum atomic E-state index is -0.469. The largest absolute Gasteiger partial charge is 0.497 e. The van der Waals surface area contributed by atoms with Crippen molar-refractivity contribution in [2.45, 2.75) is 31.1 Å². The maximum absolute atomic E-state index is 13.7. The van der Waals surface area contributed by atoms with E-state index in [2.05, 4.69) is 4.90 Å². The number of hydrazone groups is 1. The summed E-state index contributed by atoms with van der Waals surface area (Å²) in [5.74, 6) is 1.55. The molecular weight excluding hydrogens is 462 g/mol. The van der Waals surface area contributed by atoms with Gasteiger partial charge in [0.15, 0.2) is 5.79 Å². The summed E-state index contributed by atoms with van der Waals surface area (Å²) in [6.45, 7) is 3.03. The molecule has 3 aliphatic heterocycles. The second-order valence-electron chi connectivity index (χ2n) is 9.20. The van der Waals surface area contributed by atoms with Crippen LogP contribution in [0.1, 0.15) is 36.4 Å². The number of carbonyl (C=O) groups is 1. The molecule has 36 heavy (non-hydrogen) atoms. The van der Waals surface area contributed by atoms with Crippen LogP contribution >= 0.6 is 0 Å². The Labute approximate surface area is 211 Å². The van der Waals surface area contributed by atoms with Crippen LogP contribution in [-0.2, 0) is 14.3 Å². The van der Waals surface area contributed by atoms with E-state index in [4.69, 9.17) is 28.8 Å². The third-order valence-corrected chi connectivity index (χ3v) is 7.17. The number of carbonyl (C=O) groups excluding carboxylic acids is 1. The second kappa shape index (κ2) is 10.5. The van der Waals surface area contributed by atoms with Gasteiger partial charge in [0, 0.05) is 49.5 Å². The van der Waals surface area contributed by atoms with Gasteiger partial charge < -0.3 is 23.7 Å². The number of ether oxygens (including phenoxy) is 5. The summed E-state index contributed by atoms with van der Waals surface area (Å²) in [4.78, 5) is 15.8. The number of hydrogen-bond acceptors (Lipinski definition) is 8. The van der Waals surface area contributed by atoms with Gasteiger partial charge in [0.2, 0.25) is 0 Å². The number of nitrogens with zero attached hydrogens (tertiary/aromatic N) is 3. The summed E-state index contributed by atoms with van der Waals surface area (Å²) in [6, 6.07) is 13.1. The first-order valence-corrected chi connectivity index (χ1v) is 12.3. The Bertz CT molecular complexity index is 1120. The molecule has 1 amide bonds. The molecule has 2 fully saturated rings. The predicted octanol–water partition coefficient (Wildman–Crippen LogP) is 3.23. The van der Waals surface area contributed by atoms with E-state index >= 15 is 0 Å². The van der Waals surface area contributed by atoms with Crippen LogP contribution in [0.5, 0.6) is 17.2 Å². The van der Waals surface area contributed by atoms with Gasteiger partial charge in [-0.2, -0.15) is 5.10 Å². The topological polar surface area (TPSA) is 82.1 Å². The quantitative estimate of drug-likeness (QED) is 0.583. The molecule has 9 nitrogen and oxygen atoms in total. The molecule has 0 radical (unpaired) electrons. The molecule has 2 aromatic rings. The summed E-state index contributed by atoms with van der Waals surface area (Å²) in [7, 11) is 4.88. The Morgan fingerprint density at radius 3 is 2.42 bits per heavy atom. The first-order valence-electron chi connectivity index (χ1n) is 12.3. The van der Waals surface area contributed by atoms with Gasteiger partial charge in [0.25, 0.3) is 5.91 Å². The summed E-state index contributed by atoms with van der Waals surface area (Å²) >= 11 is 0. The molecule has 1 unspecified atom stereocenters. The zero-order valence-electron chi connectivity index (χ0n) is 21.1. The first kappa shape index (κ1) is 24.5. The van der Waals surface area contributed by atoms with Gasteiger partial charge in [-0.15, -0.1) is 0 Å². The van der Waals surface area contributed by atoms with Crippen molar-refractivity contribution in [1.29, 1.82) is 0 Å². The van der Waals surface area contributed by atoms with Crippen molar-refractivity contribution in [3.8, 4) is 17.2 Å². The summed E-state index contributed by atoms with van der Waals surface area (Å²) in [5, 5.41) is 6.45. The van der Waals surface area contributed by atoms with E-state index in [1.54, 1.807) is 26.3 Å². The van der Waals surface area contributed by atoms with Gasteiger partial charge in [0.05, 0.1) is 52.8 Å². The molecule has 0 saturated carbocycles. The monoisotopic (exact) mass is 495 g/mol. The highest BCUT2D eigenvalue weighted by Gasteiger charge is 2.41. The number of piperidine rings is 1. The molecule has 1 spiro atoms. The van der Waals surface area contributed by atoms with E-state index in [0.29, 0.717) is 31.1 Å². The Morgan fingerprint density at radius 1 is 1.00 bits per heavy atom. The zero-order chi connectivity index (χ0) is 25.1. The molecular formula is C27H33N3O6. The fourth-order valence-electron chi connectivity index (χ4n) is 5.23. The lowest BCUT2D eigenvalue weighted by Gasteiger charge is -2.37. The van der Waals surface area contributed by atoms with Gasteiger partial charge in [-0.3, -0.25) is 9.69 Å². The molecule has 192 valence electrons. The van der Waals surface area contributed by atoms with Crippen molar-refractivity contribution in [1.82, 2.24) is 9.91 Å². The molecule has 2 aromatic carbocycles. The van der Waals surface area contributed by atoms with E-state index in [0.717, 1.165) is 48.5 Å². The van der Waals surface area contributed by atoms with Crippen molar-refractivity contribution >= 4 is 11.6 Å². The highest BCUT2D eigenvalue weighted by atomic mass is 16.7. The molecule has 0 aliphatic carbocycles. The van der Waals surface area contributed by atoms with Gasteiger partial charge in [-0.05, 0) is 18.2 Å². The number of likely N-dealkylation sites (tertiary alicyclic amines) is 1. The number of benzene rings is 2. The van der Waals surface area contributed by atoms with Gasteiger partial charge in [-0.25, -0.2) is 5.01 Å². The molecule has 0 aromatic heterocycles. The average molecular weight is 496 g/mol. The van der Waals surface area contributed by atoms with Crippen LogP contribution in [-0.4, -0.2) is 81.5 Å². The third-order valence-electron chi connectivity index (χ3n) is 7.17. The number of rotatable bonds is 7. The maximum Gasteiger partial charge on any atom is 0.257 e. The van der Waals surface area contributed by atoms with Crippen LogP contribution in [0.15, 0.2) is 47.6 Å². The Hall–Kier alpha value is -3.14. The first-order chi connectivity index (χ1) is 17.6. The molecule has 3 aliphatic rings. The normalized spacial score (nSPS) is 21.5. The van der Waals surface area contributed by atoms with Crippen LogP contribution in [0.4, 0.5) is 0 Å². The van der Waals surface area contributed by atoms with E-state index in [-0.39, 0.29) is 18.5 Å². The van der Waals surface area contributed by atoms with E-state index < -0.39 is 5.79 Å². The molecule has 1 atom stereocenters. The summed E-state index contributed by atoms with van der Waals surface area (Å²) in [5.41, 5.74) is 2.54. The highest BCUT2D eigenvalue weighted by molar-refractivity contribution is 6.05. The Kier molecular flexibility index (Phi) is 7.13. The fourth-order valence-corrected chi connectivity index (χ4v) is 5.23. The van der Waals surface area contributed by atoms with Crippen LogP contribution in [0.25, 0.3) is 0 Å². The van der Waals surface area contributed by atoms with Crippen molar-refractivity contribution in [3.05, 3.63) is 53.6 Å². The second-order valence-corrected chi connectivity index (χ2v) is 9.20. The van der Waals surface area contributed by atoms with Crippen molar-refractivity contribution in [2.75, 3.05) is 54.2 Å². The van der Waals surface area contributed by atoms with Crippen molar-refractivity contribution < 1.29 is 28.5 Å². The zero-order valence-corrected chi connectivity index (χ0v) is 21.1. The highest BCUT2D eigenvalue weighted by Crippen LogP contribution is 2.39. The molecule has 0 N–H and O–H groups in total. The van der Waals surface area contributed by atoms with Gasteiger partial charge >= 0.3 is 0 Å². The van der Waals surface area contributed by atoms with Gasteiger partial charge in [-0.1, -0.05) is 18.2 Å². The molecule has 5 rings (SSSR count). The minimum absolute atomic E-state index is 0.0578. The van der Waals surface area contributed by atoms with E-state index in [1.807, 2.05) is 42.5 Å². The van der Waals surface area contributed by atoms with Crippen LogP contribution in [0.2, 0.25) is 0 Å². The van der Waals surface area contributed by atoms with Crippen LogP contribution in [0.3, 0.4) is 0 Å². The molecule has 2 saturated heterocycles. The lowest BCUT2D eigenvalue weighted by atomic mass is 9.97. The lowest BCUT2D eigenvalue weighted by molar-refractivity contribution is -0.186.